The molecule has 0 spiro atoms. The van der Waals surface area contributed by atoms with Crippen molar-refractivity contribution >= 4 is 5.65 Å². The van der Waals surface area contributed by atoms with Crippen LogP contribution < -0.4 is 0 Å². The third-order valence-corrected chi connectivity index (χ3v) is 5.01. The van der Waals surface area contributed by atoms with Gasteiger partial charge in [0, 0.05) is 36.6 Å². The zero-order valence-corrected chi connectivity index (χ0v) is 14.3. The number of hydrogen-bond donors (Lipinski definition) is 0. The van der Waals surface area contributed by atoms with Crippen LogP contribution in [0.1, 0.15) is 41.4 Å². The van der Waals surface area contributed by atoms with Crippen LogP contribution in [0, 0.1) is 13.8 Å². The summed E-state index contributed by atoms with van der Waals surface area (Å²) in [5.74, 6) is 0.552. The topological polar surface area (TPSA) is 46.3 Å². The summed E-state index contributed by atoms with van der Waals surface area (Å²) in [5, 5.41) is 4.62. The number of fused-ring (bicyclic) bond motifs is 1. The van der Waals surface area contributed by atoms with Gasteiger partial charge in [0.15, 0.2) is 5.65 Å². The lowest BCUT2D eigenvalue weighted by Gasteiger charge is -2.32. The van der Waals surface area contributed by atoms with Gasteiger partial charge in [-0.2, -0.15) is 5.10 Å². The molecular formula is C19H23N5. The molecule has 5 nitrogen and oxygen atoms in total. The van der Waals surface area contributed by atoms with E-state index in [1.165, 1.54) is 17.0 Å². The highest BCUT2D eigenvalue weighted by Crippen LogP contribution is 2.28. The fraction of sp³-hybridized carbons (Fsp3) is 0.421. The second-order valence-electron chi connectivity index (χ2n) is 6.74. The molecule has 4 rings (SSSR count). The Morgan fingerprint density at radius 1 is 1.08 bits per heavy atom. The number of hydrogen-bond acceptors (Lipinski definition) is 4. The summed E-state index contributed by atoms with van der Waals surface area (Å²) < 4.78 is 2.03. The van der Waals surface area contributed by atoms with Crippen LogP contribution in [0.2, 0.25) is 0 Å². The Morgan fingerprint density at radius 3 is 2.71 bits per heavy atom. The molecule has 0 aromatic carbocycles. The molecule has 0 atom stereocenters. The SMILES string of the molecule is Cc1cc2nccc(C3CCN(Cc4ncccc4C)CC3)n2n1. The molecule has 1 aliphatic heterocycles. The molecule has 5 heteroatoms. The van der Waals surface area contributed by atoms with Crippen LogP contribution in [0.4, 0.5) is 0 Å². The smallest absolute Gasteiger partial charge is 0.155 e. The van der Waals surface area contributed by atoms with Crippen LogP contribution in [0.15, 0.2) is 36.7 Å². The first-order valence-corrected chi connectivity index (χ1v) is 8.65. The molecule has 0 bridgehead atoms. The Bertz CT molecular complexity index is 846. The van der Waals surface area contributed by atoms with Crippen molar-refractivity contribution in [2.45, 2.75) is 39.2 Å². The summed E-state index contributed by atoms with van der Waals surface area (Å²) in [4.78, 5) is 11.5. The van der Waals surface area contributed by atoms with E-state index in [4.69, 9.17) is 0 Å². The Balaban J connectivity index is 1.47. The molecule has 0 unspecified atom stereocenters. The summed E-state index contributed by atoms with van der Waals surface area (Å²) in [5.41, 5.74) is 5.75. The third kappa shape index (κ3) is 2.91. The zero-order chi connectivity index (χ0) is 16.5. The molecular weight excluding hydrogens is 298 g/mol. The maximum Gasteiger partial charge on any atom is 0.155 e. The van der Waals surface area contributed by atoms with Crippen molar-refractivity contribution in [3.8, 4) is 0 Å². The fourth-order valence-electron chi connectivity index (χ4n) is 3.62. The predicted octanol–water partition coefficient (Wildman–Crippen LogP) is 3.12. The number of rotatable bonds is 3. The van der Waals surface area contributed by atoms with Gasteiger partial charge in [-0.1, -0.05) is 6.07 Å². The number of pyridine rings is 1. The lowest BCUT2D eigenvalue weighted by atomic mass is 9.93. The minimum atomic E-state index is 0.552. The van der Waals surface area contributed by atoms with Crippen molar-refractivity contribution < 1.29 is 0 Å². The lowest BCUT2D eigenvalue weighted by molar-refractivity contribution is 0.200. The molecule has 1 aliphatic rings. The van der Waals surface area contributed by atoms with Crippen LogP contribution >= 0.6 is 0 Å². The first-order valence-electron chi connectivity index (χ1n) is 8.65. The predicted molar refractivity (Wildman–Crippen MR) is 94.0 cm³/mol. The van der Waals surface area contributed by atoms with Crippen LogP contribution in [0.5, 0.6) is 0 Å². The van der Waals surface area contributed by atoms with Gasteiger partial charge in [0.1, 0.15) is 0 Å². The van der Waals surface area contributed by atoms with E-state index >= 15 is 0 Å². The molecule has 1 fully saturated rings. The second-order valence-corrected chi connectivity index (χ2v) is 6.74. The van der Waals surface area contributed by atoms with E-state index in [1.54, 1.807) is 0 Å². The Kier molecular flexibility index (Phi) is 4.02. The van der Waals surface area contributed by atoms with Gasteiger partial charge in [-0.3, -0.25) is 9.88 Å². The molecule has 0 aliphatic carbocycles. The van der Waals surface area contributed by atoms with Crippen LogP contribution in [0.25, 0.3) is 5.65 Å². The molecule has 3 aromatic heterocycles. The minimum absolute atomic E-state index is 0.552. The van der Waals surface area contributed by atoms with E-state index in [1.807, 2.05) is 36.0 Å². The summed E-state index contributed by atoms with van der Waals surface area (Å²) in [6, 6.07) is 8.32. The highest BCUT2D eigenvalue weighted by Gasteiger charge is 2.23. The summed E-state index contributed by atoms with van der Waals surface area (Å²) >= 11 is 0. The number of nitrogens with zero attached hydrogens (tertiary/aromatic N) is 5. The average Bonchev–Trinajstić information content (AvgIpc) is 2.98. The molecule has 0 N–H and O–H groups in total. The summed E-state index contributed by atoms with van der Waals surface area (Å²) in [6.45, 7) is 7.32. The molecule has 4 heterocycles. The monoisotopic (exact) mass is 321 g/mol. The number of piperidine rings is 1. The largest absolute Gasteiger partial charge is 0.297 e. The van der Waals surface area contributed by atoms with Crippen LogP contribution in [-0.2, 0) is 6.54 Å². The molecule has 3 aromatic rings. The lowest BCUT2D eigenvalue weighted by Crippen LogP contribution is -2.33. The first-order chi connectivity index (χ1) is 11.7. The fourth-order valence-corrected chi connectivity index (χ4v) is 3.62. The van der Waals surface area contributed by atoms with Gasteiger partial charge < -0.3 is 0 Å². The number of likely N-dealkylation sites (tertiary alicyclic amines) is 1. The third-order valence-electron chi connectivity index (χ3n) is 5.01. The van der Waals surface area contributed by atoms with E-state index in [9.17, 15) is 0 Å². The highest BCUT2D eigenvalue weighted by atomic mass is 15.3. The standard InChI is InChI=1S/C19H23N5/c1-14-4-3-8-20-17(14)13-23-10-6-16(7-11-23)18-5-9-21-19-12-15(2)22-24(18)19/h3-5,8-9,12,16H,6-7,10-11,13H2,1-2H3. The maximum absolute atomic E-state index is 4.62. The molecule has 0 amide bonds. The van der Waals surface area contributed by atoms with Crippen molar-refractivity contribution in [3.63, 3.8) is 0 Å². The van der Waals surface area contributed by atoms with Gasteiger partial charge in [0.25, 0.3) is 0 Å². The van der Waals surface area contributed by atoms with Gasteiger partial charge in [0.2, 0.25) is 0 Å². The summed E-state index contributed by atoms with van der Waals surface area (Å²) in [6.07, 6.45) is 6.12. The normalized spacial score (nSPS) is 16.8. The molecule has 1 saturated heterocycles. The van der Waals surface area contributed by atoms with E-state index < -0.39 is 0 Å². The molecule has 124 valence electrons. The van der Waals surface area contributed by atoms with Crippen molar-refractivity contribution in [2.75, 3.05) is 13.1 Å². The Labute approximate surface area is 142 Å². The zero-order valence-electron chi connectivity index (χ0n) is 14.3. The Morgan fingerprint density at radius 2 is 1.92 bits per heavy atom. The van der Waals surface area contributed by atoms with Gasteiger partial charge in [-0.15, -0.1) is 0 Å². The van der Waals surface area contributed by atoms with Gasteiger partial charge >= 0.3 is 0 Å². The van der Waals surface area contributed by atoms with Crippen LogP contribution in [-0.4, -0.2) is 37.6 Å². The number of aryl methyl sites for hydroxylation is 2. The maximum atomic E-state index is 4.62. The van der Waals surface area contributed by atoms with E-state index in [2.05, 4.69) is 39.0 Å². The quantitative estimate of drug-likeness (QED) is 0.743. The second kappa shape index (κ2) is 6.32. The van der Waals surface area contributed by atoms with Gasteiger partial charge in [0.05, 0.1) is 11.4 Å². The first kappa shape index (κ1) is 15.3. The number of aromatic nitrogens is 4. The van der Waals surface area contributed by atoms with E-state index in [0.717, 1.165) is 43.8 Å². The van der Waals surface area contributed by atoms with Crippen molar-refractivity contribution in [1.29, 1.82) is 0 Å². The van der Waals surface area contributed by atoms with Crippen molar-refractivity contribution in [1.82, 2.24) is 24.5 Å². The molecule has 0 saturated carbocycles. The van der Waals surface area contributed by atoms with Crippen molar-refractivity contribution in [2.24, 2.45) is 0 Å². The Hall–Kier alpha value is -2.27. The summed E-state index contributed by atoms with van der Waals surface area (Å²) in [7, 11) is 0. The molecule has 24 heavy (non-hydrogen) atoms. The van der Waals surface area contributed by atoms with E-state index in [0.29, 0.717) is 5.92 Å². The minimum Gasteiger partial charge on any atom is -0.297 e. The molecule has 0 radical (unpaired) electrons. The van der Waals surface area contributed by atoms with Crippen molar-refractivity contribution in [3.05, 3.63) is 59.3 Å². The highest BCUT2D eigenvalue weighted by molar-refractivity contribution is 5.40. The average molecular weight is 321 g/mol. The van der Waals surface area contributed by atoms with Gasteiger partial charge in [-0.05, 0) is 57.5 Å². The van der Waals surface area contributed by atoms with Gasteiger partial charge in [-0.25, -0.2) is 9.50 Å². The van der Waals surface area contributed by atoms with E-state index in [-0.39, 0.29) is 0 Å². The van der Waals surface area contributed by atoms with Crippen LogP contribution in [0.3, 0.4) is 0 Å².